The van der Waals surface area contributed by atoms with Gasteiger partial charge in [0.05, 0.1) is 6.10 Å². The summed E-state index contributed by atoms with van der Waals surface area (Å²) in [4.78, 5) is 14.8. The number of aromatic nitrogens is 1. The van der Waals surface area contributed by atoms with E-state index in [0.717, 1.165) is 12.8 Å². The molecule has 2 rings (SSSR count). The molecule has 0 unspecified atom stereocenters. The number of ether oxygens (including phenoxy) is 1. The molecule has 1 aromatic heterocycles. The van der Waals surface area contributed by atoms with Crippen LogP contribution in [-0.4, -0.2) is 22.2 Å². The first-order valence-corrected chi connectivity index (χ1v) is 4.54. The second kappa shape index (κ2) is 3.29. The van der Waals surface area contributed by atoms with Crippen molar-refractivity contribution < 1.29 is 14.6 Å². The lowest BCUT2D eigenvalue weighted by molar-refractivity contribution is 0.0684. The summed E-state index contributed by atoms with van der Waals surface area (Å²) < 4.78 is 5.43. The summed E-state index contributed by atoms with van der Waals surface area (Å²) in [5, 5.41) is 8.88. The number of carboxylic acid groups (broad SMARTS) is 1. The molecule has 74 valence electrons. The molecular weight excluding hydrogens is 182 g/mol. The lowest BCUT2D eigenvalue weighted by Gasteiger charge is -2.07. The highest BCUT2D eigenvalue weighted by atomic mass is 16.5. The minimum absolute atomic E-state index is 0.0110. The van der Waals surface area contributed by atoms with E-state index in [0.29, 0.717) is 11.4 Å². The van der Waals surface area contributed by atoms with Crippen molar-refractivity contribution in [3.8, 4) is 5.75 Å². The van der Waals surface area contributed by atoms with E-state index in [2.05, 4.69) is 4.98 Å². The number of pyridine rings is 1. The highest BCUT2D eigenvalue weighted by Gasteiger charge is 2.26. The molecule has 1 heterocycles. The van der Waals surface area contributed by atoms with Crippen molar-refractivity contribution in [2.45, 2.75) is 25.9 Å². The van der Waals surface area contributed by atoms with Gasteiger partial charge in [-0.25, -0.2) is 9.78 Å². The van der Waals surface area contributed by atoms with Crippen LogP contribution in [0, 0.1) is 6.92 Å². The van der Waals surface area contributed by atoms with Gasteiger partial charge in [0.15, 0.2) is 11.4 Å². The zero-order valence-corrected chi connectivity index (χ0v) is 7.86. The van der Waals surface area contributed by atoms with Crippen LogP contribution in [0.25, 0.3) is 0 Å². The van der Waals surface area contributed by atoms with E-state index >= 15 is 0 Å². The van der Waals surface area contributed by atoms with Crippen molar-refractivity contribution in [1.82, 2.24) is 4.98 Å². The van der Waals surface area contributed by atoms with Gasteiger partial charge >= 0.3 is 5.97 Å². The number of hydrogen-bond donors (Lipinski definition) is 1. The van der Waals surface area contributed by atoms with E-state index in [1.54, 1.807) is 19.1 Å². The number of rotatable bonds is 3. The van der Waals surface area contributed by atoms with Gasteiger partial charge in [-0.15, -0.1) is 0 Å². The zero-order valence-electron chi connectivity index (χ0n) is 7.86. The van der Waals surface area contributed by atoms with Gasteiger partial charge in [-0.2, -0.15) is 0 Å². The van der Waals surface area contributed by atoms with Gasteiger partial charge in [0.1, 0.15) is 0 Å². The van der Waals surface area contributed by atoms with Gasteiger partial charge in [0.25, 0.3) is 0 Å². The Morgan fingerprint density at radius 3 is 2.86 bits per heavy atom. The lowest BCUT2D eigenvalue weighted by Crippen LogP contribution is -2.07. The summed E-state index contributed by atoms with van der Waals surface area (Å²) >= 11 is 0. The minimum atomic E-state index is -1.04. The fourth-order valence-corrected chi connectivity index (χ4v) is 1.16. The number of hydrogen-bond acceptors (Lipinski definition) is 3. The van der Waals surface area contributed by atoms with Gasteiger partial charge in [-0.3, -0.25) is 0 Å². The fraction of sp³-hybridized carbons (Fsp3) is 0.400. The molecule has 1 fully saturated rings. The highest BCUT2D eigenvalue weighted by molar-refractivity contribution is 5.88. The molecule has 0 radical (unpaired) electrons. The molecule has 1 aliphatic carbocycles. The summed E-state index contributed by atoms with van der Waals surface area (Å²) in [6.07, 6.45) is 2.21. The van der Waals surface area contributed by atoms with Crippen molar-refractivity contribution >= 4 is 5.97 Å². The maximum atomic E-state index is 10.8. The Balaban J connectivity index is 2.31. The van der Waals surface area contributed by atoms with Crippen LogP contribution >= 0.6 is 0 Å². The van der Waals surface area contributed by atoms with Crippen LogP contribution in [0.2, 0.25) is 0 Å². The quantitative estimate of drug-likeness (QED) is 0.792. The predicted molar refractivity (Wildman–Crippen MR) is 49.6 cm³/mol. The van der Waals surface area contributed by atoms with Gasteiger partial charge in [0.2, 0.25) is 0 Å². The van der Waals surface area contributed by atoms with Crippen molar-refractivity contribution in [2.24, 2.45) is 0 Å². The first-order chi connectivity index (χ1) is 6.66. The van der Waals surface area contributed by atoms with Gasteiger partial charge in [-0.05, 0) is 31.9 Å². The number of carboxylic acids is 1. The molecule has 0 atom stereocenters. The van der Waals surface area contributed by atoms with Crippen LogP contribution in [0.5, 0.6) is 5.75 Å². The third-order valence-corrected chi connectivity index (χ3v) is 2.02. The molecule has 1 N–H and O–H groups in total. The summed E-state index contributed by atoms with van der Waals surface area (Å²) in [5.74, 6) is -0.657. The largest absolute Gasteiger partial charge is 0.488 e. The van der Waals surface area contributed by atoms with Crippen molar-refractivity contribution in [1.29, 1.82) is 0 Å². The average molecular weight is 193 g/mol. The zero-order chi connectivity index (χ0) is 10.1. The fourth-order valence-electron chi connectivity index (χ4n) is 1.16. The van der Waals surface area contributed by atoms with Crippen LogP contribution in [0.3, 0.4) is 0 Å². The van der Waals surface area contributed by atoms with Gasteiger partial charge in [-0.1, -0.05) is 0 Å². The summed E-state index contributed by atoms with van der Waals surface area (Å²) in [6, 6.07) is 3.42. The average Bonchev–Trinajstić information content (AvgIpc) is 2.91. The molecule has 1 aromatic rings. The van der Waals surface area contributed by atoms with Crippen LogP contribution in [0.15, 0.2) is 12.1 Å². The smallest absolute Gasteiger partial charge is 0.358 e. The Morgan fingerprint density at radius 2 is 2.29 bits per heavy atom. The SMILES string of the molecule is Cc1ccc(OC2CC2)c(C(=O)O)n1. The van der Waals surface area contributed by atoms with Crippen LogP contribution in [0.1, 0.15) is 29.0 Å². The molecule has 0 amide bonds. The standard InChI is InChI=1S/C10H11NO3/c1-6-2-5-8(14-7-3-4-7)9(11-6)10(12)13/h2,5,7H,3-4H2,1H3,(H,12,13). The Kier molecular flexibility index (Phi) is 2.11. The third-order valence-electron chi connectivity index (χ3n) is 2.02. The predicted octanol–water partition coefficient (Wildman–Crippen LogP) is 1.63. The molecule has 14 heavy (non-hydrogen) atoms. The number of carbonyl (C=O) groups is 1. The number of nitrogens with zero attached hydrogens (tertiary/aromatic N) is 1. The minimum Gasteiger partial charge on any atom is -0.488 e. The van der Waals surface area contributed by atoms with Gasteiger partial charge in [0, 0.05) is 5.69 Å². The highest BCUT2D eigenvalue weighted by Crippen LogP contribution is 2.28. The van der Waals surface area contributed by atoms with E-state index in [1.165, 1.54) is 0 Å². The Labute approximate surface area is 81.5 Å². The van der Waals surface area contributed by atoms with E-state index in [-0.39, 0.29) is 11.8 Å². The third kappa shape index (κ3) is 1.84. The van der Waals surface area contributed by atoms with Gasteiger partial charge < -0.3 is 9.84 Å². The Morgan fingerprint density at radius 1 is 1.57 bits per heavy atom. The van der Waals surface area contributed by atoms with E-state index in [4.69, 9.17) is 9.84 Å². The topological polar surface area (TPSA) is 59.4 Å². The molecule has 1 saturated carbocycles. The van der Waals surface area contributed by atoms with Crippen molar-refractivity contribution in [3.05, 3.63) is 23.5 Å². The monoisotopic (exact) mass is 193 g/mol. The first-order valence-electron chi connectivity index (χ1n) is 4.54. The van der Waals surface area contributed by atoms with Crippen LogP contribution < -0.4 is 4.74 Å². The van der Waals surface area contributed by atoms with Crippen LogP contribution in [0.4, 0.5) is 0 Å². The van der Waals surface area contributed by atoms with Crippen LogP contribution in [-0.2, 0) is 0 Å². The molecule has 4 nitrogen and oxygen atoms in total. The molecule has 0 aromatic carbocycles. The molecule has 0 spiro atoms. The normalized spacial score (nSPS) is 15.2. The number of aryl methyl sites for hydroxylation is 1. The van der Waals surface area contributed by atoms with E-state index < -0.39 is 5.97 Å². The second-order valence-corrected chi connectivity index (χ2v) is 3.42. The van der Waals surface area contributed by atoms with E-state index in [9.17, 15) is 4.79 Å². The molecule has 4 heteroatoms. The maximum Gasteiger partial charge on any atom is 0.358 e. The first kappa shape index (κ1) is 8.99. The molecule has 0 saturated heterocycles. The Bertz CT molecular complexity index is 372. The molecule has 0 aliphatic heterocycles. The lowest BCUT2D eigenvalue weighted by atomic mass is 10.3. The van der Waals surface area contributed by atoms with Crippen molar-refractivity contribution in [2.75, 3.05) is 0 Å². The number of aromatic carboxylic acids is 1. The molecule has 1 aliphatic rings. The summed E-state index contributed by atoms with van der Waals surface area (Å²) in [6.45, 7) is 1.76. The Hall–Kier alpha value is -1.58. The second-order valence-electron chi connectivity index (χ2n) is 3.42. The maximum absolute atomic E-state index is 10.8. The molecule has 0 bridgehead atoms. The molecular formula is C10H11NO3. The summed E-state index contributed by atoms with van der Waals surface area (Å²) in [7, 11) is 0. The van der Waals surface area contributed by atoms with Crippen molar-refractivity contribution in [3.63, 3.8) is 0 Å². The van der Waals surface area contributed by atoms with E-state index in [1.807, 2.05) is 0 Å². The summed E-state index contributed by atoms with van der Waals surface area (Å²) in [5.41, 5.74) is 0.697.